The molecule has 0 saturated carbocycles. The van der Waals surface area contributed by atoms with Crippen molar-refractivity contribution in [1.82, 2.24) is 10.2 Å². The smallest absolute Gasteiger partial charge is 0.160 e. The molecule has 0 bridgehead atoms. The fraction of sp³-hybridized carbons (Fsp3) is 0.394. The average Bonchev–Trinajstić information content (AvgIpc) is 3.45. The summed E-state index contributed by atoms with van der Waals surface area (Å²) in [6.07, 6.45) is 4.31. The van der Waals surface area contributed by atoms with Gasteiger partial charge in [-0.15, -0.1) is 0 Å². The molecule has 0 aromatic heterocycles. The van der Waals surface area contributed by atoms with Crippen molar-refractivity contribution in [1.29, 1.82) is 0 Å². The molecule has 3 aromatic rings. The van der Waals surface area contributed by atoms with Crippen molar-refractivity contribution in [2.45, 2.75) is 43.6 Å². The molecule has 5 N–H and O–H groups in total. The second-order valence-electron chi connectivity index (χ2n) is 11.2. The Balaban J connectivity index is 1.44. The van der Waals surface area contributed by atoms with Crippen LogP contribution in [0.5, 0.6) is 28.7 Å². The lowest BCUT2D eigenvalue weighted by Gasteiger charge is -2.38. The first-order chi connectivity index (χ1) is 20.9. The van der Waals surface area contributed by atoms with Gasteiger partial charge in [-0.3, -0.25) is 0 Å². The summed E-state index contributed by atoms with van der Waals surface area (Å²) in [4.78, 5) is 2.22. The number of nitrogens with zero attached hydrogens (tertiary/aromatic N) is 1. The Labute approximate surface area is 250 Å². The molecule has 3 aromatic carbocycles. The molecule has 0 saturated heterocycles. The van der Waals surface area contributed by atoms with E-state index in [-0.39, 0.29) is 36.8 Å². The molecule has 43 heavy (non-hydrogen) atoms. The monoisotopic (exact) mass is 590 g/mol. The number of hydrogen-bond acceptors (Lipinski definition) is 10. The van der Waals surface area contributed by atoms with E-state index in [9.17, 15) is 20.4 Å². The van der Waals surface area contributed by atoms with Gasteiger partial charge in [0.2, 0.25) is 0 Å². The van der Waals surface area contributed by atoms with Gasteiger partial charge >= 0.3 is 0 Å². The maximum absolute atomic E-state index is 11.5. The molecule has 3 aliphatic rings. The third-order valence-corrected chi connectivity index (χ3v) is 8.55. The van der Waals surface area contributed by atoms with Gasteiger partial charge in [0.15, 0.2) is 11.5 Å². The molecular formula is C33H38N2O8. The largest absolute Gasteiger partial charge is 0.508 e. The molecule has 10 heteroatoms. The summed E-state index contributed by atoms with van der Waals surface area (Å²) in [7, 11) is 3.17. The molecule has 0 fully saturated rings. The fourth-order valence-electron chi connectivity index (χ4n) is 6.59. The number of aliphatic hydroxyl groups is 2. The summed E-state index contributed by atoms with van der Waals surface area (Å²) in [5, 5.41) is 44.9. The second-order valence-corrected chi connectivity index (χ2v) is 11.2. The first-order valence-electron chi connectivity index (χ1n) is 14.6. The van der Waals surface area contributed by atoms with Crippen LogP contribution in [-0.4, -0.2) is 78.2 Å². The zero-order valence-electron chi connectivity index (χ0n) is 24.3. The molecule has 0 radical (unpaired) electrons. The Kier molecular flexibility index (Phi) is 8.25. The summed E-state index contributed by atoms with van der Waals surface area (Å²) in [6, 6.07) is 12.2. The van der Waals surface area contributed by atoms with Crippen LogP contribution in [0, 0.1) is 0 Å². The maximum Gasteiger partial charge on any atom is 0.160 e. The lowest BCUT2D eigenvalue weighted by molar-refractivity contribution is 0.0200. The van der Waals surface area contributed by atoms with Crippen molar-refractivity contribution >= 4 is 0 Å². The molecular weight excluding hydrogens is 552 g/mol. The average molecular weight is 591 g/mol. The number of aromatic hydroxyl groups is 2. The van der Waals surface area contributed by atoms with Gasteiger partial charge in [-0.25, -0.2) is 0 Å². The Bertz CT molecular complexity index is 1510. The fourth-order valence-corrected chi connectivity index (χ4v) is 6.59. The quantitative estimate of drug-likeness (QED) is 0.239. The van der Waals surface area contributed by atoms with Gasteiger partial charge in [-0.1, -0.05) is 12.1 Å². The van der Waals surface area contributed by atoms with E-state index in [1.807, 2.05) is 30.6 Å². The van der Waals surface area contributed by atoms with Crippen molar-refractivity contribution in [3.63, 3.8) is 0 Å². The van der Waals surface area contributed by atoms with E-state index in [4.69, 9.17) is 18.9 Å². The molecule has 228 valence electrons. The van der Waals surface area contributed by atoms with Gasteiger partial charge < -0.3 is 49.6 Å². The molecule has 0 spiro atoms. The van der Waals surface area contributed by atoms with E-state index in [1.165, 1.54) is 13.2 Å². The number of nitrogens with one attached hydrogen (secondary N) is 1. The number of phenolic OH excluding ortho intramolecular Hbond substituents is 2. The summed E-state index contributed by atoms with van der Waals surface area (Å²) in [6.45, 7) is 1.25. The molecule has 2 heterocycles. The Morgan fingerprint density at radius 3 is 2.70 bits per heavy atom. The van der Waals surface area contributed by atoms with Crippen molar-refractivity contribution in [3.8, 4) is 39.9 Å². The number of fused-ring (bicyclic) bond motifs is 5. The number of hydrogen-bond donors (Lipinski definition) is 5. The van der Waals surface area contributed by atoms with Gasteiger partial charge in [0, 0.05) is 49.7 Å². The Morgan fingerprint density at radius 1 is 1.05 bits per heavy atom. The third kappa shape index (κ3) is 5.53. The van der Waals surface area contributed by atoms with Crippen LogP contribution in [0.3, 0.4) is 0 Å². The summed E-state index contributed by atoms with van der Waals surface area (Å²) in [5.74, 6) is 1.74. The lowest BCUT2D eigenvalue weighted by atomic mass is 9.73. The van der Waals surface area contributed by atoms with E-state index >= 15 is 0 Å². The Morgan fingerprint density at radius 2 is 1.91 bits per heavy atom. The number of rotatable bonds is 10. The molecule has 0 amide bonds. The summed E-state index contributed by atoms with van der Waals surface area (Å²) >= 11 is 0. The molecule has 1 unspecified atom stereocenters. The SMILES string of the molecule is COCC1NC=CN1CC[C@H]1Cc2cc(O)ccc2-c2c(OCCO)cc3c(c21)C[C@@H](O)[C@@H](c1ccc(O)c(OC)c1)O3. The van der Waals surface area contributed by atoms with Crippen LogP contribution in [0.15, 0.2) is 54.9 Å². The number of methoxy groups -OCH3 is 2. The topological polar surface area (TPSA) is 133 Å². The first kappa shape index (κ1) is 29.0. The minimum absolute atomic E-state index is 0.00837. The number of aliphatic hydroxyl groups excluding tert-OH is 2. The second kappa shape index (κ2) is 12.2. The molecule has 6 rings (SSSR count). The standard InChI is InChI=1S/C33H38N2O8/c1-40-18-30-34-8-10-35(30)9-7-19-13-21-14-22(37)4-5-23(21)32-29(42-12-11-36)17-27-24(31(19)32)16-26(39)33(43-27)20-3-6-25(38)28(15-20)41-2/h3-6,8,10,14-15,17,19,26,30,33-34,36-39H,7,9,11-13,16,18H2,1-2H3/t19-,26+,30?,33+/m0/s1. The molecule has 4 atom stereocenters. The first-order valence-corrected chi connectivity index (χ1v) is 14.6. The van der Waals surface area contributed by atoms with Gasteiger partial charge in [0.05, 0.1) is 26.4 Å². The van der Waals surface area contributed by atoms with Crippen LogP contribution < -0.4 is 19.5 Å². The highest BCUT2D eigenvalue weighted by atomic mass is 16.5. The van der Waals surface area contributed by atoms with Crippen LogP contribution in [0.2, 0.25) is 0 Å². The Hall–Kier alpha value is -4.12. The normalized spacial score (nSPS) is 21.8. The van der Waals surface area contributed by atoms with Gasteiger partial charge in [-0.05, 0) is 65.3 Å². The van der Waals surface area contributed by atoms with E-state index in [0.717, 1.165) is 40.8 Å². The maximum atomic E-state index is 11.5. The lowest BCUT2D eigenvalue weighted by Crippen LogP contribution is -2.40. The highest BCUT2D eigenvalue weighted by molar-refractivity contribution is 5.83. The number of benzene rings is 3. The minimum Gasteiger partial charge on any atom is -0.508 e. The number of ether oxygens (including phenoxy) is 4. The van der Waals surface area contributed by atoms with Gasteiger partial charge in [0.1, 0.15) is 36.1 Å². The van der Waals surface area contributed by atoms with Crippen molar-refractivity contribution in [3.05, 3.63) is 77.1 Å². The van der Waals surface area contributed by atoms with E-state index in [0.29, 0.717) is 42.3 Å². The van der Waals surface area contributed by atoms with Crippen molar-refractivity contribution < 1.29 is 39.4 Å². The van der Waals surface area contributed by atoms with Crippen molar-refractivity contribution in [2.24, 2.45) is 0 Å². The predicted octanol–water partition coefficient (Wildman–Crippen LogP) is 3.56. The van der Waals surface area contributed by atoms with Gasteiger partial charge in [-0.2, -0.15) is 0 Å². The van der Waals surface area contributed by atoms with Crippen LogP contribution in [-0.2, 0) is 17.6 Å². The van der Waals surface area contributed by atoms with Crippen molar-refractivity contribution in [2.75, 3.05) is 40.6 Å². The van der Waals surface area contributed by atoms with Crippen LogP contribution in [0.4, 0.5) is 0 Å². The highest BCUT2D eigenvalue weighted by Crippen LogP contribution is 2.53. The van der Waals surface area contributed by atoms with E-state index < -0.39 is 12.2 Å². The molecule has 10 nitrogen and oxygen atoms in total. The third-order valence-electron chi connectivity index (χ3n) is 8.55. The zero-order chi connectivity index (χ0) is 30.1. The summed E-state index contributed by atoms with van der Waals surface area (Å²) in [5.41, 5.74) is 5.54. The zero-order valence-corrected chi connectivity index (χ0v) is 24.3. The van der Waals surface area contributed by atoms with Crippen LogP contribution in [0.25, 0.3) is 11.1 Å². The molecule has 2 aliphatic heterocycles. The number of phenols is 2. The highest BCUT2D eigenvalue weighted by Gasteiger charge is 2.38. The van der Waals surface area contributed by atoms with E-state index in [1.54, 1.807) is 25.3 Å². The predicted molar refractivity (Wildman–Crippen MR) is 160 cm³/mol. The van der Waals surface area contributed by atoms with E-state index in [2.05, 4.69) is 10.2 Å². The van der Waals surface area contributed by atoms with Gasteiger partial charge in [0.25, 0.3) is 0 Å². The minimum atomic E-state index is -0.853. The molecule has 1 aliphatic carbocycles. The van der Waals surface area contributed by atoms with Crippen LogP contribution in [0.1, 0.15) is 40.7 Å². The summed E-state index contributed by atoms with van der Waals surface area (Å²) < 4.78 is 23.4. The van der Waals surface area contributed by atoms with Crippen LogP contribution >= 0.6 is 0 Å².